The average molecular weight is 286 g/mol. The Morgan fingerprint density at radius 3 is 2.53 bits per heavy atom. The molecule has 0 fully saturated rings. The Bertz CT molecular complexity index is 576. The molecule has 7 heteroatoms. The van der Waals surface area contributed by atoms with Crippen LogP contribution in [-0.2, 0) is 11.0 Å². The molecule has 6 nitrogen and oxygen atoms in total. The van der Waals surface area contributed by atoms with Crippen molar-refractivity contribution in [1.82, 2.24) is 10.3 Å². The van der Waals surface area contributed by atoms with Gasteiger partial charge in [0.25, 0.3) is 0 Å². The van der Waals surface area contributed by atoms with Gasteiger partial charge in [0.05, 0.1) is 0 Å². The largest absolute Gasteiger partial charge is 0.524 e. The SMILES string of the molecule is CCc1c[nH]c2cccc(OP(=O)(O)O)c12.CNC. The Hall–Kier alpha value is -1.33. The third kappa shape index (κ3) is 4.36. The highest BCUT2D eigenvalue weighted by molar-refractivity contribution is 7.46. The van der Waals surface area contributed by atoms with Gasteiger partial charge in [-0.25, -0.2) is 4.57 Å². The van der Waals surface area contributed by atoms with Crippen LogP contribution in [0, 0.1) is 0 Å². The van der Waals surface area contributed by atoms with Gasteiger partial charge < -0.3 is 14.8 Å². The van der Waals surface area contributed by atoms with Crippen LogP contribution in [0.2, 0.25) is 0 Å². The summed E-state index contributed by atoms with van der Waals surface area (Å²) < 4.78 is 15.5. The van der Waals surface area contributed by atoms with Gasteiger partial charge in [-0.15, -0.1) is 0 Å². The minimum Gasteiger partial charge on any atom is -0.404 e. The summed E-state index contributed by atoms with van der Waals surface area (Å²) in [5.74, 6) is 0.212. The third-order valence-electron chi connectivity index (χ3n) is 2.35. The van der Waals surface area contributed by atoms with Gasteiger partial charge in [-0.2, -0.15) is 0 Å². The van der Waals surface area contributed by atoms with Gasteiger partial charge in [0.2, 0.25) is 0 Å². The van der Waals surface area contributed by atoms with E-state index < -0.39 is 7.82 Å². The zero-order chi connectivity index (χ0) is 14.5. The molecule has 0 spiro atoms. The minimum absolute atomic E-state index is 0.212. The zero-order valence-corrected chi connectivity index (χ0v) is 12.1. The fourth-order valence-corrected chi connectivity index (χ4v) is 2.11. The number of aryl methyl sites for hydroxylation is 1. The van der Waals surface area contributed by atoms with E-state index in [0.717, 1.165) is 22.9 Å². The third-order valence-corrected chi connectivity index (χ3v) is 2.78. The number of phosphoric ester groups is 1. The summed E-state index contributed by atoms with van der Waals surface area (Å²) >= 11 is 0. The van der Waals surface area contributed by atoms with Crippen molar-refractivity contribution in [2.75, 3.05) is 14.1 Å². The minimum atomic E-state index is -4.51. The van der Waals surface area contributed by atoms with Crippen molar-refractivity contribution in [2.45, 2.75) is 13.3 Å². The number of aromatic nitrogens is 1. The maximum absolute atomic E-state index is 10.8. The molecule has 1 aromatic carbocycles. The molecule has 0 aliphatic heterocycles. The lowest BCUT2D eigenvalue weighted by Gasteiger charge is -2.08. The van der Waals surface area contributed by atoms with Crippen LogP contribution >= 0.6 is 7.82 Å². The molecule has 0 amide bonds. The molecule has 0 radical (unpaired) electrons. The van der Waals surface area contributed by atoms with Crippen LogP contribution in [0.25, 0.3) is 10.9 Å². The number of benzene rings is 1. The van der Waals surface area contributed by atoms with Crippen LogP contribution in [0.3, 0.4) is 0 Å². The van der Waals surface area contributed by atoms with Gasteiger partial charge in [0.1, 0.15) is 5.75 Å². The number of hydrogen-bond acceptors (Lipinski definition) is 3. The summed E-state index contributed by atoms with van der Waals surface area (Å²) in [7, 11) is -0.762. The van der Waals surface area contributed by atoms with Crippen molar-refractivity contribution in [3.63, 3.8) is 0 Å². The Balaban J connectivity index is 0.000000550. The van der Waals surface area contributed by atoms with Crippen molar-refractivity contribution in [1.29, 1.82) is 0 Å². The maximum Gasteiger partial charge on any atom is 0.524 e. The first-order valence-electron chi connectivity index (χ1n) is 5.85. The van der Waals surface area contributed by atoms with E-state index >= 15 is 0 Å². The normalized spacial score (nSPS) is 11.0. The van der Waals surface area contributed by atoms with E-state index in [1.54, 1.807) is 12.1 Å². The topological polar surface area (TPSA) is 94.6 Å². The summed E-state index contributed by atoms with van der Waals surface area (Å²) in [5, 5.41) is 3.48. The number of H-pyrrole nitrogens is 1. The van der Waals surface area contributed by atoms with E-state index in [-0.39, 0.29) is 5.75 Å². The van der Waals surface area contributed by atoms with Crippen molar-refractivity contribution in [3.05, 3.63) is 30.0 Å². The molecule has 4 N–H and O–H groups in total. The van der Waals surface area contributed by atoms with Crippen LogP contribution in [0.4, 0.5) is 0 Å². The van der Waals surface area contributed by atoms with E-state index in [1.807, 2.05) is 33.3 Å². The molecular formula is C12H19N2O4P. The summed E-state index contributed by atoms with van der Waals surface area (Å²) in [4.78, 5) is 20.7. The maximum atomic E-state index is 10.8. The molecule has 2 aromatic rings. The van der Waals surface area contributed by atoms with Crippen molar-refractivity contribution >= 4 is 18.7 Å². The molecule has 1 aromatic heterocycles. The highest BCUT2D eigenvalue weighted by Crippen LogP contribution is 2.41. The lowest BCUT2D eigenvalue weighted by molar-refractivity contribution is 0.284. The van der Waals surface area contributed by atoms with Crippen molar-refractivity contribution in [3.8, 4) is 5.75 Å². The van der Waals surface area contributed by atoms with Crippen molar-refractivity contribution < 1.29 is 18.9 Å². The number of hydrogen-bond donors (Lipinski definition) is 4. The molecule has 19 heavy (non-hydrogen) atoms. The summed E-state index contributed by atoms with van der Waals surface area (Å²) in [6.45, 7) is 1.97. The number of phosphoric acid groups is 1. The molecule has 1 heterocycles. The quantitative estimate of drug-likeness (QED) is 0.648. The molecular weight excluding hydrogens is 267 g/mol. The summed E-state index contributed by atoms with van der Waals surface area (Å²) in [6.07, 6.45) is 2.58. The highest BCUT2D eigenvalue weighted by atomic mass is 31.2. The van der Waals surface area contributed by atoms with E-state index in [2.05, 4.69) is 14.8 Å². The molecule has 2 rings (SSSR count). The van der Waals surface area contributed by atoms with E-state index in [9.17, 15) is 4.57 Å². The predicted molar refractivity (Wildman–Crippen MR) is 75.3 cm³/mol. The Morgan fingerprint density at radius 1 is 1.37 bits per heavy atom. The fourth-order valence-electron chi connectivity index (χ4n) is 1.70. The van der Waals surface area contributed by atoms with Gasteiger partial charge in [0, 0.05) is 17.1 Å². The first-order chi connectivity index (χ1) is 8.92. The van der Waals surface area contributed by atoms with Crippen molar-refractivity contribution in [2.24, 2.45) is 0 Å². The van der Waals surface area contributed by atoms with Crippen LogP contribution in [0.15, 0.2) is 24.4 Å². The predicted octanol–water partition coefficient (Wildman–Crippen LogP) is 2.04. The zero-order valence-electron chi connectivity index (χ0n) is 11.2. The Kier molecular flexibility index (Phi) is 5.57. The second-order valence-corrected chi connectivity index (χ2v) is 5.09. The molecule has 0 aliphatic rings. The number of fused-ring (bicyclic) bond motifs is 1. The molecule has 0 aliphatic carbocycles. The van der Waals surface area contributed by atoms with E-state index in [4.69, 9.17) is 9.79 Å². The average Bonchev–Trinajstić information content (AvgIpc) is 2.72. The monoisotopic (exact) mass is 286 g/mol. The van der Waals surface area contributed by atoms with Crippen LogP contribution in [-0.4, -0.2) is 28.9 Å². The highest BCUT2D eigenvalue weighted by Gasteiger charge is 2.19. The summed E-state index contributed by atoms with van der Waals surface area (Å²) in [6, 6.07) is 5.07. The van der Waals surface area contributed by atoms with E-state index in [1.165, 1.54) is 0 Å². The first-order valence-corrected chi connectivity index (χ1v) is 7.38. The number of rotatable bonds is 3. The Morgan fingerprint density at radius 2 is 2.00 bits per heavy atom. The number of nitrogens with one attached hydrogen (secondary N) is 2. The van der Waals surface area contributed by atoms with E-state index in [0.29, 0.717) is 0 Å². The molecule has 0 atom stereocenters. The standard InChI is InChI=1S/C10H12NO4P.C2H7N/c1-2-7-6-11-8-4-3-5-9(10(7)8)15-16(12,13)14;1-3-2/h3-6,11H,2H2,1H3,(H2,12,13,14);3H,1-2H3. The van der Waals surface area contributed by atoms with Gasteiger partial charge in [-0.1, -0.05) is 13.0 Å². The molecule has 0 bridgehead atoms. The van der Waals surface area contributed by atoms with Gasteiger partial charge in [-0.3, -0.25) is 9.79 Å². The summed E-state index contributed by atoms with van der Waals surface area (Å²) in [5.41, 5.74) is 1.78. The van der Waals surface area contributed by atoms with Crippen LogP contribution in [0.1, 0.15) is 12.5 Å². The second kappa shape index (κ2) is 6.73. The van der Waals surface area contributed by atoms with Gasteiger partial charge >= 0.3 is 7.82 Å². The second-order valence-electron chi connectivity index (χ2n) is 3.93. The smallest absolute Gasteiger partial charge is 0.404 e. The molecule has 0 unspecified atom stereocenters. The first kappa shape index (κ1) is 15.7. The van der Waals surface area contributed by atoms with Gasteiger partial charge in [0.15, 0.2) is 0 Å². The number of aromatic amines is 1. The lowest BCUT2D eigenvalue weighted by Crippen LogP contribution is -1.91. The molecule has 106 valence electrons. The lowest BCUT2D eigenvalue weighted by atomic mass is 10.1. The fraction of sp³-hybridized carbons (Fsp3) is 0.333. The van der Waals surface area contributed by atoms with Crippen LogP contribution in [0.5, 0.6) is 5.75 Å². The molecule has 0 saturated heterocycles. The van der Waals surface area contributed by atoms with Crippen LogP contribution < -0.4 is 9.84 Å². The molecule has 0 saturated carbocycles. The Labute approximate surface area is 112 Å². The van der Waals surface area contributed by atoms with Gasteiger partial charge in [-0.05, 0) is 38.2 Å².